The highest BCUT2D eigenvalue weighted by molar-refractivity contribution is 6.35. The number of nitrogens with one attached hydrogen (secondary N) is 1. The average molecular weight is 422 g/mol. The number of hydrogen-bond donors (Lipinski definition) is 1. The number of carbonyl (C=O) groups excluding carboxylic acids is 1. The molecule has 5 nitrogen and oxygen atoms in total. The third kappa shape index (κ3) is 5.39. The second kappa shape index (κ2) is 9.61. The van der Waals surface area contributed by atoms with Gasteiger partial charge in [-0.2, -0.15) is 0 Å². The Kier molecular flexibility index (Phi) is 7.18. The molecule has 1 aliphatic heterocycles. The molecule has 2 aromatic carbocycles. The van der Waals surface area contributed by atoms with Crippen LogP contribution in [0.5, 0.6) is 0 Å². The van der Waals surface area contributed by atoms with Gasteiger partial charge in [-0.25, -0.2) is 0 Å². The smallest absolute Gasteiger partial charge is 0.241 e. The Balaban J connectivity index is 1.67. The molecular weight excluding hydrogens is 397 g/mol. The molecule has 1 N–H and O–H groups in total. The number of para-hydroxylation sites is 1. The third-order valence-electron chi connectivity index (χ3n) is 4.93. The lowest BCUT2D eigenvalue weighted by Crippen LogP contribution is -2.40. The first-order valence-electron chi connectivity index (χ1n) is 9.32. The lowest BCUT2D eigenvalue weighted by molar-refractivity contribution is -0.120. The van der Waals surface area contributed by atoms with Crippen molar-refractivity contribution < 1.29 is 9.53 Å². The Morgan fingerprint density at radius 1 is 1.18 bits per heavy atom. The van der Waals surface area contributed by atoms with Gasteiger partial charge in [-0.15, -0.1) is 0 Å². The van der Waals surface area contributed by atoms with Crippen molar-refractivity contribution in [2.24, 2.45) is 0 Å². The van der Waals surface area contributed by atoms with E-state index in [4.69, 9.17) is 27.9 Å². The number of ether oxygens (including phenoxy) is 1. The number of morpholine rings is 1. The molecule has 1 atom stereocenters. The standard InChI is InChI=1S/C21H25Cl2N3O2/c1-15(21(27)24-19-12-17(22)11-18(23)13-19)25(2)14-16-5-3-4-6-20(16)26-7-9-28-10-8-26/h3-6,11-13,15H,7-10,14H2,1-2H3,(H,24,27). The van der Waals surface area contributed by atoms with Crippen molar-refractivity contribution in [2.45, 2.75) is 19.5 Å². The Hall–Kier alpha value is -1.79. The summed E-state index contributed by atoms with van der Waals surface area (Å²) in [6, 6.07) is 13.0. The minimum atomic E-state index is -0.324. The van der Waals surface area contributed by atoms with Crippen molar-refractivity contribution in [1.29, 1.82) is 0 Å². The van der Waals surface area contributed by atoms with E-state index in [1.807, 2.05) is 31.0 Å². The Morgan fingerprint density at radius 2 is 1.82 bits per heavy atom. The van der Waals surface area contributed by atoms with Gasteiger partial charge in [0.05, 0.1) is 19.3 Å². The average Bonchev–Trinajstić information content (AvgIpc) is 2.67. The van der Waals surface area contributed by atoms with E-state index < -0.39 is 0 Å². The summed E-state index contributed by atoms with van der Waals surface area (Å²) < 4.78 is 5.46. The first-order valence-corrected chi connectivity index (χ1v) is 10.1. The van der Waals surface area contributed by atoms with Crippen molar-refractivity contribution in [3.63, 3.8) is 0 Å². The van der Waals surface area contributed by atoms with Crippen LogP contribution >= 0.6 is 23.2 Å². The summed E-state index contributed by atoms with van der Waals surface area (Å²) >= 11 is 12.0. The predicted molar refractivity (Wildman–Crippen MR) is 115 cm³/mol. The quantitative estimate of drug-likeness (QED) is 0.755. The molecule has 0 aliphatic carbocycles. The number of nitrogens with zero attached hydrogens (tertiary/aromatic N) is 2. The van der Waals surface area contributed by atoms with Crippen molar-refractivity contribution in [3.05, 3.63) is 58.1 Å². The summed E-state index contributed by atoms with van der Waals surface area (Å²) in [5.41, 5.74) is 2.99. The van der Waals surface area contributed by atoms with E-state index in [1.165, 1.54) is 11.3 Å². The number of halogens is 2. The van der Waals surface area contributed by atoms with Crippen molar-refractivity contribution in [1.82, 2.24) is 4.90 Å². The lowest BCUT2D eigenvalue weighted by Gasteiger charge is -2.32. The van der Waals surface area contributed by atoms with Crippen LogP contribution in [0.1, 0.15) is 12.5 Å². The maximum Gasteiger partial charge on any atom is 0.241 e. The fourth-order valence-corrected chi connectivity index (χ4v) is 3.76. The highest BCUT2D eigenvalue weighted by Gasteiger charge is 2.21. The van der Waals surface area contributed by atoms with Crippen LogP contribution in [0.15, 0.2) is 42.5 Å². The van der Waals surface area contributed by atoms with Gasteiger partial charge in [-0.05, 0) is 43.8 Å². The molecule has 1 unspecified atom stereocenters. The summed E-state index contributed by atoms with van der Waals surface area (Å²) in [5.74, 6) is -0.107. The van der Waals surface area contributed by atoms with Crippen LogP contribution in [0, 0.1) is 0 Å². The Labute approximate surface area is 176 Å². The zero-order chi connectivity index (χ0) is 20.1. The summed E-state index contributed by atoms with van der Waals surface area (Å²) in [5, 5.41) is 3.87. The lowest BCUT2D eigenvalue weighted by atomic mass is 10.1. The van der Waals surface area contributed by atoms with Crippen LogP contribution in [0.2, 0.25) is 10.0 Å². The summed E-state index contributed by atoms with van der Waals surface area (Å²) in [6.07, 6.45) is 0. The van der Waals surface area contributed by atoms with Gasteiger partial charge in [0.2, 0.25) is 5.91 Å². The van der Waals surface area contributed by atoms with E-state index in [0.29, 0.717) is 22.3 Å². The zero-order valence-corrected chi connectivity index (χ0v) is 17.6. The molecule has 1 aliphatic rings. The maximum absolute atomic E-state index is 12.7. The molecule has 1 saturated heterocycles. The van der Waals surface area contributed by atoms with Gasteiger partial charge in [0, 0.05) is 41.1 Å². The highest BCUT2D eigenvalue weighted by Crippen LogP contribution is 2.25. The van der Waals surface area contributed by atoms with Crippen molar-refractivity contribution in [2.75, 3.05) is 43.6 Å². The number of rotatable bonds is 6. The molecule has 0 radical (unpaired) electrons. The number of benzene rings is 2. The van der Waals surface area contributed by atoms with Crippen LogP contribution < -0.4 is 10.2 Å². The summed E-state index contributed by atoms with van der Waals surface area (Å²) in [4.78, 5) is 17.1. The first-order chi connectivity index (χ1) is 13.4. The van der Waals surface area contributed by atoms with Gasteiger partial charge < -0.3 is 15.0 Å². The van der Waals surface area contributed by atoms with E-state index in [-0.39, 0.29) is 11.9 Å². The maximum atomic E-state index is 12.7. The molecule has 28 heavy (non-hydrogen) atoms. The number of likely N-dealkylation sites (N-methyl/N-ethyl adjacent to an activating group) is 1. The molecule has 150 valence electrons. The third-order valence-corrected chi connectivity index (χ3v) is 5.37. The molecule has 1 heterocycles. The molecule has 2 aromatic rings. The molecule has 0 spiro atoms. The second-order valence-electron chi connectivity index (χ2n) is 6.97. The predicted octanol–water partition coefficient (Wildman–Crippen LogP) is 4.29. The number of amides is 1. The first kappa shape index (κ1) is 20.9. The van der Waals surface area contributed by atoms with Gasteiger partial charge in [0.1, 0.15) is 0 Å². The van der Waals surface area contributed by atoms with Gasteiger partial charge >= 0.3 is 0 Å². The monoisotopic (exact) mass is 421 g/mol. The Morgan fingerprint density at radius 3 is 2.50 bits per heavy atom. The van der Waals surface area contributed by atoms with Crippen LogP contribution in [0.3, 0.4) is 0 Å². The minimum absolute atomic E-state index is 0.107. The van der Waals surface area contributed by atoms with Crippen LogP contribution in [-0.2, 0) is 16.1 Å². The topological polar surface area (TPSA) is 44.8 Å². The second-order valence-corrected chi connectivity index (χ2v) is 7.84. The van der Waals surface area contributed by atoms with Gasteiger partial charge in [-0.3, -0.25) is 9.69 Å². The van der Waals surface area contributed by atoms with Gasteiger partial charge in [0.15, 0.2) is 0 Å². The van der Waals surface area contributed by atoms with Gasteiger partial charge in [-0.1, -0.05) is 41.4 Å². The van der Waals surface area contributed by atoms with Crippen molar-refractivity contribution in [3.8, 4) is 0 Å². The highest BCUT2D eigenvalue weighted by atomic mass is 35.5. The summed E-state index contributed by atoms with van der Waals surface area (Å²) in [7, 11) is 1.95. The molecule has 0 aromatic heterocycles. The SMILES string of the molecule is CC(C(=O)Nc1cc(Cl)cc(Cl)c1)N(C)Cc1ccccc1N1CCOCC1. The number of anilines is 2. The van der Waals surface area contributed by atoms with Crippen LogP contribution in [-0.4, -0.2) is 50.2 Å². The fraction of sp³-hybridized carbons (Fsp3) is 0.381. The van der Waals surface area contributed by atoms with E-state index in [0.717, 1.165) is 26.3 Å². The molecule has 0 saturated carbocycles. The Bertz CT molecular complexity index is 805. The van der Waals surface area contributed by atoms with E-state index in [9.17, 15) is 4.79 Å². The van der Waals surface area contributed by atoms with Crippen LogP contribution in [0.25, 0.3) is 0 Å². The van der Waals surface area contributed by atoms with Crippen molar-refractivity contribution >= 4 is 40.5 Å². The molecule has 7 heteroatoms. The summed E-state index contributed by atoms with van der Waals surface area (Å²) in [6.45, 7) is 5.80. The van der Waals surface area contributed by atoms with E-state index in [2.05, 4.69) is 22.3 Å². The van der Waals surface area contributed by atoms with E-state index in [1.54, 1.807) is 18.2 Å². The largest absolute Gasteiger partial charge is 0.378 e. The van der Waals surface area contributed by atoms with Crippen LogP contribution in [0.4, 0.5) is 11.4 Å². The number of hydrogen-bond acceptors (Lipinski definition) is 4. The molecular formula is C21H25Cl2N3O2. The number of carbonyl (C=O) groups is 1. The molecule has 1 fully saturated rings. The normalized spacial score (nSPS) is 15.5. The zero-order valence-electron chi connectivity index (χ0n) is 16.1. The molecule has 0 bridgehead atoms. The molecule has 3 rings (SSSR count). The van der Waals surface area contributed by atoms with Gasteiger partial charge in [0.25, 0.3) is 0 Å². The van der Waals surface area contributed by atoms with E-state index >= 15 is 0 Å². The fourth-order valence-electron chi connectivity index (χ4n) is 3.24. The molecule has 1 amide bonds. The minimum Gasteiger partial charge on any atom is -0.378 e.